The van der Waals surface area contributed by atoms with Gasteiger partial charge in [-0.05, 0) is 29.4 Å². The molecule has 1 N–H and O–H groups in total. The normalized spacial score (nSPS) is 12.7. The molecule has 1 unspecified atom stereocenters. The van der Waals surface area contributed by atoms with Crippen LogP contribution < -0.4 is 5.32 Å². The average Bonchev–Trinajstić information content (AvgIpc) is 2.65. The Kier molecular flexibility index (Phi) is 5.73. The molecule has 1 aromatic rings. The zero-order valence-electron chi connectivity index (χ0n) is 9.74. The molecule has 1 heterocycles. The Morgan fingerprint density at radius 1 is 1.75 bits per heavy atom. The second-order valence-corrected chi connectivity index (χ2v) is 4.31. The van der Waals surface area contributed by atoms with Crippen molar-refractivity contribution in [3.63, 3.8) is 0 Å². The van der Waals surface area contributed by atoms with Crippen molar-refractivity contribution in [2.45, 2.75) is 19.0 Å². The van der Waals surface area contributed by atoms with Crippen molar-refractivity contribution in [3.8, 4) is 0 Å². The molecule has 5 heteroatoms. The van der Waals surface area contributed by atoms with Crippen molar-refractivity contribution in [1.82, 2.24) is 15.1 Å². The molecule has 0 fully saturated rings. The number of hydrogen-bond donors (Lipinski definition) is 1. The number of nitrogens with zero attached hydrogens (tertiary/aromatic N) is 2. The summed E-state index contributed by atoms with van der Waals surface area (Å²) in [6.45, 7) is 5.19. The Morgan fingerprint density at radius 3 is 3.06 bits per heavy atom. The summed E-state index contributed by atoms with van der Waals surface area (Å²) in [5, 5.41) is 7.58. The summed E-state index contributed by atoms with van der Waals surface area (Å²) >= 11 is 3.52. The lowest BCUT2D eigenvalue weighted by molar-refractivity contribution is 0.181. The summed E-state index contributed by atoms with van der Waals surface area (Å²) in [6, 6.07) is 0.228. The van der Waals surface area contributed by atoms with E-state index in [4.69, 9.17) is 4.74 Å². The first-order valence-corrected chi connectivity index (χ1v) is 6.02. The fraction of sp³-hybridized carbons (Fsp3) is 0.545. The van der Waals surface area contributed by atoms with Gasteiger partial charge in [-0.1, -0.05) is 6.08 Å². The highest BCUT2D eigenvalue weighted by Gasteiger charge is 2.17. The average molecular weight is 288 g/mol. The van der Waals surface area contributed by atoms with Gasteiger partial charge < -0.3 is 10.1 Å². The molecule has 1 atom stereocenters. The molecular formula is C11H18BrN3O. The third-order valence-corrected chi connectivity index (χ3v) is 3.03. The topological polar surface area (TPSA) is 39.1 Å². The molecule has 16 heavy (non-hydrogen) atoms. The largest absolute Gasteiger partial charge is 0.383 e. The maximum Gasteiger partial charge on any atom is 0.0699 e. The Hall–Kier alpha value is -0.650. The van der Waals surface area contributed by atoms with Crippen LogP contribution in [-0.4, -0.2) is 30.5 Å². The molecule has 0 aliphatic rings. The number of rotatable bonds is 7. The van der Waals surface area contributed by atoms with Gasteiger partial charge in [0, 0.05) is 7.11 Å². The predicted octanol–water partition coefficient (Wildman–Crippen LogP) is 2.13. The smallest absolute Gasteiger partial charge is 0.0699 e. The SMILES string of the molecule is C=CCC(NC)c1c(Br)cnn1CCOC. The van der Waals surface area contributed by atoms with Crippen molar-refractivity contribution < 1.29 is 4.74 Å². The van der Waals surface area contributed by atoms with Crippen LogP contribution in [0.15, 0.2) is 23.3 Å². The van der Waals surface area contributed by atoms with Gasteiger partial charge in [-0.2, -0.15) is 5.10 Å². The highest BCUT2D eigenvalue weighted by Crippen LogP contribution is 2.25. The second kappa shape index (κ2) is 6.83. The monoisotopic (exact) mass is 287 g/mol. The van der Waals surface area contributed by atoms with Gasteiger partial charge in [-0.3, -0.25) is 4.68 Å². The number of ether oxygens (including phenoxy) is 1. The van der Waals surface area contributed by atoms with Gasteiger partial charge in [0.15, 0.2) is 0 Å². The Bertz CT molecular complexity index is 338. The molecule has 0 amide bonds. The molecule has 0 aliphatic carbocycles. The summed E-state index contributed by atoms with van der Waals surface area (Å²) in [5.74, 6) is 0. The van der Waals surface area contributed by atoms with Crippen LogP contribution in [0.1, 0.15) is 18.2 Å². The lowest BCUT2D eigenvalue weighted by Gasteiger charge is -2.17. The number of hydrogen-bond acceptors (Lipinski definition) is 3. The van der Waals surface area contributed by atoms with Gasteiger partial charge in [-0.25, -0.2) is 0 Å². The molecule has 0 saturated heterocycles. The maximum atomic E-state index is 5.07. The number of methoxy groups -OCH3 is 1. The molecular weight excluding hydrogens is 270 g/mol. The van der Waals surface area contributed by atoms with Gasteiger partial charge >= 0.3 is 0 Å². The van der Waals surface area contributed by atoms with Gasteiger partial charge in [0.1, 0.15) is 0 Å². The molecule has 1 aromatic heterocycles. The molecule has 4 nitrogen and oxygen atoms in total. The molecule has 0 spiro atoms. The maximum absolute atomic E-state index is 5.07. The number of halogens is 1. The molecule has 0 radical (unpaired) electrons. The van der Waals surface area contributed by atoms with Crippen molar-refractivity contribution in [2.24, 2.45) is 0 Å². The van der Waals surface area contributed by atoms with Crippen LogP contribution in [0, 0.1) is 0 Å². The molecule has 0 saturated carbocycles. The van der Waals surface area contributed by atoms with E-state index in [-0.39, 0.29) is 6.04 Å². The first-order chi connectivity index (χ1) is 7.74. The summed E-state index contributed by atoms with van der Waals surface area (Å²) in [6.07, 6.45) is 4.59. The van der Waals surface area contributed by atoms with E-state index in [0.29, 0.717) is 6.61 Å². The summed E-state index contributed by atoms with van der Waals surface area (Å²) in [7, 11) is 3.63. The summed E-state index contributed by atoms with van der Waals surface area (Å²) in [4.78, 5) is 0. The molecule has 0 aliphatic heterocycles. The Morgan fingerprint density at radius 2 is 2.50 bits per heavy atom. The lowest BCUT2D eigenvalue weighted by Crippen LogP contribution is -2.21. The van der Waals surface area contributed by atoms with E-state index in [9.17, 15) is 0 Å². The zero-order valence-corrected chi connectivity index (χ0v) is 11.3. The van der Waals surface area contributed by atoms with E-state index in [2.05, 4.69) is 32.9 Å². The second-order valence-electron chi connectivity index (χ2n) is 3.46. The minimum atomic E-state index is 0.228. The van der Waals surface area contributed by atoms with E-state index < -0.39 is 0 Å². The summed E-state index contributed by atoms with van der Waals surface area (Å²) in [5.41, 5.74) is 1.14. The van der Waals surface area contributed by atoms with E-state index in [1.54, 1.807) is 7.11 Å². The van der Waals surface area contributed by atoms with Crippen molar-refractivity contribution >= 4 is 15.9 Å². The highest BCUT2D eigenvalue weighted by atomic mass is 79.9. The first-order valence-electron chi connectivity index (χ1n) is 5.22. The highest BCUT2D eigenvalue weighted by molar-refractivity contribution is 9.10. The van der Waals surface area contributed by atoms with Crippen LogP contribution >= 0.6 is 15.9 Å². The van der Waals surface area contributed by atoms with Gasteiger partial charge in [0.2, 0.25) is 0 Å². The first kappa shape index (κ1) is 13.4. The third kappa shape index (κ3) is 3.17. The Balaban J connectivity index is 2.89. The lowest BCUT2D eigenvalue weighted by atomic mass is 10.1. The van der Waals surface area contributed by atoms with E-state index in [1.807, 2.05) is 24.0 Å². The van der Waals surface area contributed by atoms with Crippen molar-refractivity contribution in [2.75, 3.05) is 20.8 Å². The van der Waals surface area contributed by atoms with E-state index in [1.165, 1.54) is 0 Å². The predicted molar refractivity (Wildman–Crippen MR) is 68.4 cm³/mol. The number of nitrogens with one attached hydrogen (secondary N) is 1. The molecule has 0 aromatic carbocycles. The fourth-order valence-corrected chi connectivity index (χ4v) is 2.18. The zero-order chi connectivity index (χ0) is 12.0. The van der Waals surface area contributed by atoms with Crippen LogP contribution in [0.25, 0.3) is 0 Å². The fourth-order valence-electron chi connectivity index (χ4n) is 1.61. The standard InChI is InChI=1S/C11H18BrN3O/c1-4-5-10(13-2)11-9(12)8-14-15(11)6-7-16-3/h4,8,10,13H,1,5-7H2,2-3H3. The third-order valence-electron chi connectivity index (χ3n) is 2.42. The van der Waals surface area contributed by atoms with Gasteiger partial charge in [0.05, 0.1) is 35.6 Å². The minimum absolute atomic E-state index is 0.228. The minimum Gasteiger partial charge on any atom is -0.383 e. The summed E-state index contributed by atoms with van der Waals surface area (Å²) < 4.78 is 8.04. The Labute approximate surface area is 105 Å². The number of aromatic nitrogens is 2. The van der Waals surface area contributed by atoms with Crippen LogP contribution in [0.4, 0.5) is 0 Å². The van der Waals surface area contributed by atoms with Gasteiger partial charge in [-0.15, -0.1) is 6.58 Å². The van der Waals surface area contributed by atoms with E-state index in [0.717, 1.165) is 23.1 Å². The van der Waals surface area contributed by atoms with E-state index >= 15 is 0 Å². The van der Waals surface area contributed by atoms with Crippen molar-refractivity contribution in [1.29, 1.82) is 0 Å². The van der Waals surface area contributed by atoms with Crippen molar-refractivity contribution in [3.05, 3.63) is 29.0 Å². The van der Waals surface area contributed by atoms with Gasteiger partial charge in [0.25, 0.3) is 0 Å². The molecule has 0 bridgehead atoms. The quantitative estimate of drug-likeness (QED) is 0.781. The molecule has 90 valence electrons. The van der Waals surface area contributed by atoms with Crippen LogP contribution in [-0.2, 0) is 11.3 Å². The van der Waals surface area contributed by atoms with Crippen LogP contribution in [0.2, 0.25) is 0 Å². The van der Waals surface area contributed by atoms with Crippen LogP contribution in [0.3, 0.4) is 0 Å². The van der Waals surface area contributed by atoms with Crippen LogP contribution in [0.5, 0.6) is 0 Å². The molecule has 1 rings (SSSR count).